The monoisotopic (exact) mass is 561 g/mol. The summed E-state index contributed by atoms with van der Waals surface area (Å²) in [6, 6.07) is 4.12. The molecule has 5 heterocycles. The molecule has 0 saturated carbocycles. The van der Waals surface area contributed by atoms with E-state index in [1.807, 2.05) is 25.4 Å². The van der Waals surface area contributed by atoms with Crippen molar-refractivity contribution in [2.45, 2.75) is 25.2 Å². The average molecular weight is 562 g/mol. The van der Waals surface area contributed by atoms with Gasteiger partial charge >= 0.3 is 0 Å². The Morgan fingerprint density at radius 2 is 2.10 bits per heavy atom. The molecule has 3 aromatic heterocycles. The van der Waals surface area contributed by atoms with E-state index in [0.717, 1.165) is 16.0 Å². The molecule has 0 radical (unpaired) electrons. The highest BCUT2D eigenvalue weighted by atomic mass is 19.1. The van der Waals surface area contributed by atoms with Crippen LogP contribution in [0, 0.1) is 0 Å². The number of nitrogens with two attached hydrogens (primary N) is 1. The van der Waals surface area contributed by atoms with E-state index in [1.165, 1.54) is 11.0 Å². The van der Waals surface area contributed by atoms with Gasteiger partial charge in [0.05, 0.1) is 18.4 Å². The highest BCUT2D eigenvalue weighted by Gasteiger charge is 2.40. The number of carbonyl (C=O) groups is 3. The van der Waals surface area contributed by atoms with Gasteiger partial charge in [-0.3, -0.25) is 39.2 Å². The van der Waals surface area contributed by atoms with E-state index in [0.29, 0.717) is 10.9 Å². The van der Waals surface area contributed by atoms with Crippen molar-refractivity contribution in [3.63, 3.8) is 0 Å². The summed E-state index contributed by atoms with van der Waals surface area (Å²) in [4.78, 5) is 65.0. The topological polar surface area (TPSA) is 200 Å². The van der Waals surface area contributed by atoms with Crippen molar-refractivity contribution < 1.29 is 18.8 Å². The fourth-order valence-electron chi connectivity index (χ4n) is 5.00. The molecule has 1 saturated heterocycles. The number of primary amides is 1. The number of H-pyrrole nitrogens is 2. The van der Waals surface area contributed by atoms with Crippen LogP contribution in [-0.4, -0.2) is 83.2 Å². The van der Waals surface area contributed by atoms with Crippen molar-refractivity contribution in [1.82, 2.24) is 45.1 Å². The zero-order valence-corrected chi connectivity index (χ0v) is 21.6. The zero-order chi connectivity index (χ0) is 28.8. The van der Waals surface area contributed by atoms with Gasteiger partial charge < -0.3 is 21.0 Å². The van der Waals surface area contributed by atoms with Gasteiger partial charge in [0, 0.05) is 36.8 Å². The van der Waals surface area contributed by atoms with Crippen LogP contribution < -0.4 is 22.0 Å². The number of nitrogens with zero attached hydrogens (tertiary/aromatic N) is 6. The minimum Gasteiger partial charge on any atom is -0.364 e. The number of likely N-dealkylation sites (tertiary alicyclic amines) is 1. The maximum absolute atomic E-state index is 14.5. The van der Waals surface area contributed by atoms with Gasteiger partial charge in [-0.15, -0.1) is 0 Å². The van der Waals surface area contributed by atoms with Crippen LogP contribution in [0.25, 0.3) is 27.6 Å². The molecule has 3 amide bonds. The van der Waals surface area contributed by atoms with Gasteiger partial charge in [0.15, 0.2) is 16.9 Å². The number of hydrogen-bond donors (Lipinski definition) is 5. The normalized spacial score (nSPS) is 18.5. The molecule has 210 valence electrons. The number of hydrazine groups is 1. The van der Waals surface area contributed by atoms with Crippen LogP contribution in [-0.2, 0) is 16.1 Å². The number of aromatic amines is 2. The number of allylic oxidation sites excluding steroid dienone is 2. The van der Waals surface area contributed by atoms with Crippen LogP contribution in [0.2, 0.25) is 0 Å². The Balaban J connectivity index is 1.25. The summed E-state index contributed by atoms with van der Waals surface area (Å²) in [6.45, 7) is -0.684. The van der Waals surface area contributed by atoms with E-state index in [4.69, 9.17) is 5.73 Å². The SMILES string of the molecule is CN1C=C(c2ccc3c(c2)c(C(N)=O)nn3CC(=O)N2CC(F)CC2C(=O)Nc2nc3nc[nH]c3c(=O)[nH]2)C=CN1. The third-order valence-electron chi connectivity index (χ3n) is 6.89. The van der Waals surface area contributed by atoms with Gasteiger partial charge in [-0.2, -0.15) is 10.1 Å². The standard InChI is InChI=1S/C25H24FN11O4/c1-35-8-13(4-5-30-35)12-2-3-16-15(6-12)19(21(27)39)34-37(16)10-18(38)36-9-14(26)7-17(36)23(40)32-25-31-22-20(24(41)33-25)28-11-29-22/h2-6,8,11,14,17,30H,7,9-10H2,1H3,(H2,27,39)(H3,28,29,31,32,33,40,41). The summed E-state index contributed by atoms with van der Waals surface area (Å²) in [5, 5.41) is 8.92. The molecule has 16 heteroatoms. The van der Waals surface area contributed by atoms with Gasteiger partial charge in [0.2, 0.25) is 17.8 Å². The molecule has 1 fully saturated rings. The second kappa shape index (κ2) is 9.89. The van der Waals surface area contributed by atoms with Crippen molar-refractivity contribution in [3.8, 4) is 0 Å². The summed E-state index contributed by atoms with van der Waals surface area (Å²) < 4.78 is 15.8. The number of imidazole rings is 1. The molecule has 2 aliphatic rings. The number of amides is 3. The molecule has 6 rings (SSSR count). The molecule has 0 bridgehead atoms. The number of fused-ring (bicyclic) bond motifs is 2. The number of halogens is 1. The summed E-state index contributed by atoms with van der Waals surface area (Å²) in [6.07, 6.45) is 5.09. The Kier molecular flexibility index (Phi) is 6.20. The molecule has 1 aromatic carbocycles. The number of hydrogen-bond acceptors (Lipinski definition) is 9. The summed E-state index contributed by atoms with van der Waals surface area (Å²) in [5.74, 6) is -2.27. The quantitative estimate of drug-likeness (QED) is 0.214. The smallest absolute Gasteiger partial charge is 0.278 e. The van der Waals surface area contributed by atoms with Crippen LogP contribution in [0.1, 0.15) is 22.5 Å². The van der Waals surface area contributed by atoms with E-state index in [-0.39, 0.29) is 42.3 Å². The molecule has 15 nitrogen and oxygen atoms in total. The fraction of sp³-hybridized carbons (Fsp3) is 0.240. The van der Waals surface area contributed by atoms with Crippen LogP contribution in [0.5, 0.6) is 0 Å². The lowest BCUT2D eigenvalue weighted by Gasteiger charge is -2.23. The zero-order valence-electron chi connectivity index (χ0n) is 21.6. The molecule has 41 heavy (non-hydrogen) atoms. The van der Waals surface area contributed by atoms with Gasteiger partial charge in [-0.25, -0.2) is 9.37 Å². The molecule has 0 spiro atoms. The predicted octanol–water partition coefficient (Wildman–Crippen LogP) is -0.0229. The van der Waals surface area contributed by atoms with Crippen molar-refractivity contribution in [2.24, 2.45) is 5.73 Å². The number of alkyl halides is 1. The molecule has 4 aromatic rings. The second-order valence-corrected chi connectivity index (χ2v) is 9.66. The number of aromatic nitrogens is 6. The largest absolute Gasteiger partial charge is 0.364 e. The molecular formula is C25H24FN11O4. The highest BCUT2D eigenvalue weighted by Crippen LogP contribution is 2.27. The minimum atomic E-state index is -1.45. The first-order valence-corrected chi connectivity index (χ1v) is 12.5. The summed E-state index contributed by atoms with van der Waals surface area (Å²) in [5.41, 5.74) is 10.4. The van der Waals surface area contributed by atoms with Gasteiger partial charge in [-0.05, 0) is 23.8 Å². The van der Waals surface area contributed by atoms with E-state index < -0.39 is 35.5 Å². The molecule has 6 N–H and O–H groups in total. The van der Waals surface area contributed by atoms with Crippen LogP contribution >= 0.6 is 0 Å². The first kappa shape index (κ1) is 25.7. The minimum absolute atomic E-state index is 0.0237. The molecule has 2 unspecified atom stereocenters. The average Bonchev–Trinajstić information content (AvgIpc) is 3.66. The van der Waals surface area contributed by atoms with Crippen molar-refractivity contribution in [2.75, 3.05) is 18.9 Å². The molecule has 2 aliphatic heterocycles. The van der Waals surface area contributed by atoms with Crippen LogP contribution in [0.4, 0.5) is 10.3 Å². The Hall–Kier alpha value is -5.54. The van der Waals surface area contributed by atoms with E-state index in [2.05, 4.69) is 35.8 Å². The lowest BCUT2D eigenvalue weighted by Crippen LogP contribution is -2.45. The molecule has 2 atom stereocenters. The Morgan fingerprint density at radius 3 is 2.88 bits per heavy atom. The van der Waals surface area contributed by atoms with Crippen molar-refractivity contribution in [3.05, 3.63) is 64.6 Å². The summed E-state index contributed by atoms with van der Waals surface area (Å²) in [7, 11) is 1.84. The first-order chi connectivity index (χ1) is 19.7. The number of nitrogens with one attached hydrogen (secondary N) is 4. The molecular weight excluding hydrogens is 537 g/mol. The maximum Gasteiger partial charge on any atom is 0.278 e. The van der Waals surface area contributed by atoms with Gasteiger partial charge in [0.25, 0.3) is 11.5 Å². The highest BCUT2D eigenvalue weighted by molar-refractivity contribution is 6.05. The van der Waals surface area contributed by atoms with E-state index in [9.17, 15) is 23.6 Å². The Bertz CT molecular complexity index is 1840. The third kappa shape index (κ3) is 4.75. The van der Waals surface area contributed by atoms with Crippen molar-refractivity contribution in [1.29, 1.82) is 0 Å². The lowest BCUT2D eigenvalue weighted by molar-refractivity contribution is -0.137. The van der Waals surface area contributed by atoms with Crippen LogP contribution in [0.15, 0.2) is 47.8 Å². The van der Waals surface area contributed by atoms with Crippen molar-refractivity contribution >= 4 is 51.3 Å². The van der Waals surface area contributed by atoms with Gasteiger partial charge in [-0.1, -0.05) is 6.07 Å². The number of carbonyl (C=O) groups excluding carboxylic acids is 3. The predicted molar refractivity (Wildman–Crippen MR) is 144 cm³/mol. The number of benzene rings is 1. The van der Waals surface area contributed by atoms with E-state index >= 15 is 0 Å². The summed E-state index contributed by atoms with van der Waals surface area (Å²) >= 11 is 0. The third-order valence-corrected chi connectivity index (χ3v) is 6.89. The number of rotatable bonds is 6. The van der Waals surface area contributed by atoms with Gasteiger partial charge in [0.1, 0.15) is 18.8 Å². The molecule has 0 aliphatic carbocycles. The second-order valence-electron chi connectivity index (χ2n) is 9.66. The van der Waals surface area contributed by atoms with E-state index in [1.54, 1.807) is 23.3 Å². The fourth-order valence-corrected chi connectivity index (χ4v) is 5.00. The Labute approximate surface area is 229 Å². The van der Waals surface area contributed by atoms with Crippen LogP contribution in [0.3, 0.4) is 0 Å². The lowest BCUT2D eigenvalue weighted by atomic mass is 10.0. The number of anilines is 1. The first-order valence-electron chi connectivity index (χ1n) is 12.5. The Morgan fingerprint density at radius 1 is 1.27 bits per heavy atom. The maximum atomic E-state index is 14.5.